The van der Waals surface area contributed by atoms with Crippen LogP contribution in [-0.4, -0.2) is 48.2 Å². The van der Waals surface area contributed by atoms with Crippen LogP contribution in [0.1, 0.15) is 74.4 Å². The Morgan fingerprint density at radius 1 is 1.07 bits per heavy atom. The lowest BCUT2D eigenvalue weighted by Gasteiger charge is -2.40. The van der Waals surface area contributed by atoms with E-state index >= 15 is 0 Å². The molecular weight excluding hydrogens is 552 g/mol. The largest absolute Gasteiger partial charge is 0.478 e. The quantitative estimate of drug-likeness (QED) is 0.248. The number of benzene rings is 2. The molecule has 10 heteroatoms. The topological polar surface area (TPSA) is 131 Å². The second-order valence-corrected chi connectivity index (χ2v) is 14.8. The molecule has 224 valence electrons. The lowest BCUT2D eigenvalue weighted by molar-refractivity contribution is 0.0696. The summed E-state index contributed by atoms with van der Waals surface area (Å²) in [6.45, 7) is 10.9. The summed E-state index contributed by atoms with van der Waals surface area (Å²) >= 11 is 0. The minimum absolute atomic E-state index is 0.0857. The molecule has 5 rings (SSSR count). The molecule has 2 aromatic carbocycles. The highest BCUT2D eigenvalue weighted by atomic mass is 32.2. The van der Waals surface area contributed by atoms with E-state index in [0.717, 1.165) is 29.2 Å². The molecule has 0 bridgehead atoms. The van der Waals surface area contributed by atoms with Crippen molar-refractivity contribution in [2.45, 2.75) is 83.7 Å². The highest BCUT2D eigenvalue weighted by Crippen LogP contribution is 2.60. The normalized spacial score (nSPS) is 17.0. The molecule has 3 N–H and O–H groups in total. The van der Waals surface area contributed by atoms with Gasteiger partial charge in [-0.25, -0.2) is 22.9 Å². The lowest BCUT2D eigenvalue weighted by atomic mass is 9.76. The van der Waals surface area contributed by atoms with Gasteiger partial charge in [0.05, 0.1) is 16.2 Å². The zero-order valence-corrected chi connectivity index (χ0v) is 25.7. The number of ether oxygens (including phenoxy) is 1. The van der Waals surface area contributed by atoms with Crippen LogP contribution < -0.4 is 14.8 Å². The second kappa shape index (κ2) is 11.3. The van der Waals surface area contributed by atoms with E-state index in [1.165, 1.54) is 43.9 Å². The standard InChI is InChI=1S/C32H40N4O5S/c1-20-8-6-9-21(2)28(20)26-15-27(41-19-24(16-31(3,4)5)33-23-17-32(18-23)12-13-32)35-30(34-26)36-42(39,40)25-11-7-10-22(14-25)29(37)38/h6-11,14-15,23-24,33H,12-13,16-19H2,1-5H3,(H,37,38)(H,34,35,36). The van der Waals surface area contributed by atoms with Gasteiger partial charge in [-0.3, -0.25) is 0 Å². The third kappa shape index (κ3) is 7.10. The molecule has 0 radical (unpaired) electrons. The number of aryl methyl sites for hydroxylation is 2. The Balaban J connectivity index is 1.43. The fourth-order valence-corrected chi connectivity index (χ4v) is 6.97. The summed E-state index contributed by atoms with van der Waals surface area (Å²) in [6.07, 6.45) is 6.02. The maximum Gasteiger partial charge on any atom is 0.335 e. The highest BCUT2D eigenvalue weighted by Gasteiger charge is 2.53. The van der Waals surface area contributed by atoms with Crippen LogP contribution in [0.2, 0.25) is 0 Å². The molecule has 0 aliphatic heterocycles. The number of nitrogens with zero attached hydrogens (tertiary/aromatic N) is 2. The Kier molecular flexibility index (Phi) is 8.06. The molecule has 1 heterocycles. The third-order valence-corrected chi connectivity index (χ3v) is 9.46. The van der Waals surface area contributed by atoms with Crippen molar-refractivity contribution in [1.82, 2.24) is 15.3 Å². The second-order valence-electron chi connectivity index (χ2n) is 13.2. The maximum atomic E-state index is 13.3. The number of hydrogen-bond acceptors (Lipinski definition) is 7. The van der Waals surface area contributed by atoms with E-state index in [9.17, 15) is 18.3 Å². The van der Waals surface area contributed by atoms with Gasteiger partial charge in [0.25, 0.3) is 10.0 Å². The Hall–Kier alpha value is -3.50. The average molecular weight is 593 g/mol. The van der Waals surface area contributed by atoms with Gasteiger partial charge in [0.1, 0.15) is 6.61 Å². The van der Waals surface area contributed by atoms with Crippen molar-refractivity contribution in [3.63, 3.8) is 0 Å². The molecule has 1 aromatic heterocycles. The van der Waals surface area contributed by atoms with E-state index in [-0.39, 0.29) is 33.7 Å². The number of hydrogen-bond donors (Lipinski definition) is 3. The monoisotopic (exact) mass is 592 g/mol. The molecule has 2 saturated carbocycles. The Morgan fingerprint density at radius 2 is 1.74 bits per heavy atom. The van der Waals surface area contributed by atoms with Crippen LogP contribution in [-0.2, 0) is 10.0 Å². The molecule has 0 amide bonds. The predicted octanol–water partition coefficient (Wildman–Crippen LogP) is 5.98. The van der Waals surface area contributed by atoms with Crippen molar-refractivity contribution in [3.05, 3.63) is 65.2 Å². The van der Waals surface area contributed by atoms with Gasteiger partial charge < -0.3 is 15.2 Å². The van der Waals surface area contributed by atoms with E-state index in [1.54, 1.807) is 6.07 Å². The fraction of sp³-hybridized carbons (Fsp3) is 0.469. The molecule has 1 unspecified atom stereocenters. The van der Waals surface area contributed by atoms with Crippen molar-refractivity contribution in [2.24, 2.45) is 10.8 Å². The fourth-order valence-electron chi connectivity index (χ4n) is 5.98. The summed E-state index contributed by atoms with van der Waals surface area (Å²) in [6, 6.07) is 13.4. The highest BCUT2D eigenvalue weighted by molar-refractivity contribution is 7.92. The summed E-state index contributed by atoms with van der Waals surface area (Å²) < 4.78 is 35.3. The van der Waals surface area contributed by atoms with Crippen LogP contribution in [0.15, 0.2) is 53.4 Å². The smallest absolute Gasteiger partial charge is 0.335 e. The molecule has 1 spiro atoms. The maximum absolute atomic E-state index is 13.3. The van der Waals surface area contributed by atoms with E-state index in [4.69, 9.17) is 4.74 Å². The van der Waals surface area contributed by atoms with Crippen LogP contribution in [0, 0.1) is 24.7 Å². The van der Waals surface area contributed by atoms with Gasteiger partial charge >= 0.3 is 5.97 Å². The van der Waals surface area contributed by atoms with E-state index in [1.807, 2.05) is 32.0 Å². The zero-order chi connectivity index (χ0) is 30.3. The van der Waals surface area contributed by atoms with Crippen LogP contribution >= 0.6 is 0 Å². The van der Waals surface area contributed by atoms with Crippen molar-refractivity contribution < 1.29 is 23.1 Å². The minimum Gasteiger partial charge on any atom is -0.478 e. The first-order valence-corrected chi connectivity index (χ1v) is 15.9. The number of aromatic carboxylic acids is 1. The van der Waals surface area contributed by atoms with Crippen LogP contribution in [0.4, 0.5) is 5.95 Å². The van der Waals surface area contributed by atoms with Crippen molar-refractivity contribution in [1.29, 1.82) is 0 Å². The molecule has 3 aromatic rings. The summed E-state index contributed by atoms with van der Waals surface area (Å²) in [5, 5.41) is 13.1. The van der Waals surface area contributed by atoms with Crippen LogP contribution in [0.25, 0.3) is 11.3 Å². The first-order valence-electron chi connectivity index (χ1n) is 14.4. The Morgan fingerprint density at radius 3 is 2.36 bits per heavy atom. The summed E-state index contributed by atoms with van der Waals surface area (Å²) in [5.74, 6) is -1.11. The SMILES string of the molecule is Cc1cccc(C)c1-c1cc(OCC(CC(C)(C)C)NC2CC3(CC3)C2)nc(NS(=O)(=O)c2cccc(C(=O)O)c2)n1. The van der Waals surface area contributed by atoms with Gasteiger partial charge in [-0.15, -0.1) is 0 Å². The zero-order valence-electron chi connectivity index (χ0n) is 24.9. The van der Waals surface area contributed by atoms with Gasteiger partial charge in [0, 0.05) is 23.7 Å². The van der Waals surface area contributed by atoms with Crippen LogP contribution in [0.5, 0.6) is 5.88 Å². The number of nitrogens with one attached hydrogen (secondary N) is 2. The van der Waals surface area contributed by atoms with Crippen molar-refractivity contribution >= 4 is 21.9 Å². The van der Waals surface area contributed by atoms with Crippen molar-refractivity contribution in [2.75, 3.05) is 11.3 Å². The number of carboxylic acids is 1. The predicted molar refractivity (Wildman–Crippen MR) is 162 cm³/mol. The summed E-state index contributed by atoms with van der Waals surface area (Å²) in [7, 11) is -4.18. The number of anilines is 1. The molecule has 0 saturated heterocycles. The van der Waals surface area contributed by atoms with E-state index in [2.05, 4.69) is 40.8 Å². The van der Waals surface area contributed by atoms with E-state index < -0.39 is 16.0 Å². The number of aromatic nitrogens is 2. The van der Waals surface area contributed by atoms with Gasteiger partial charge in [0.2, 0.25) is 11.8 Å². The van der Waals surface area contributed by atoms with Crippen molar-refractivity contribution in [3.8, 4) is 17.1 Å². The lowest BCUT2D eigenvalue weighted by Crippen LogP contribution is -2.50. The Bertz CT molecular complexity index is 1570. The number of carboxylic acid groups (broad SMARTS) is 1. The molecule has 42 heavy (non-hydrogen) atoms. The molecule has 2 fully saturated rings. The molecular formula is C32H40N4O5S. The summed E-state index contributed by atoms with van der Waals surface area (Å²) in [4.78, 5) is 20.2. The first kappa shape index (κ1) is 30.0. The average Bonchev–Trinajstić information content (AvgIpc) is 3.67. The number of rotatable bonds is 11. The molecule has 2 aliphatic carbocycles. The first-order chi connectivity index (χ1) is 19.7. The van der Waals surface area contributed by atoms with Crippen LogP contribution in [0.3, 0.4) is 0 Å². The minimum atomic E-state index is -4.18. The third-order valence-electron chi connectivity index (χ3n) is 8.14. The van der Waals surface area contributed by atoms with Gasteiger partial charge in [0.15, 0.2) is 0 Å². The molecule has 9 nitrogen and oxygen atoms in total. The van der Waals surface area contributed by atoms with E-state index in [0.29, 0.717) is 23.8 Å². The van der Waals surface area contributed by atoms with Gasteiger partial charge in [-0.05, 0) is 86.1 Å². The molecule has 2 aliphatic rings. The number of carbonyl (C=O) groups is 1. The number of sulfonamides is 1. The molecule has 1 atom stereocenters. The van der Waals surface area contributed by atoms with Gasteiger partial charge in [-0.1, -0.05) is 45.0 Å². The summed E-state index contributed by atoms with van der Waals surface area (Å²) in [5.41, 5.74) is 3.90. The Labute approximate surface area is 248 Å². The van der Waals surface area contributed by atoms with Gasteiger partial charge in [-0.2, -0.15) is 4.98 Å².